The number of ether oxygens (including phenoxy) is 1. The number of nitrogens with zero attached hydrogens (tertiary/aromatic N) is 3. The van der Waals surface area contributed by atoms with Gasteiger partial charge in [0.05, 0.1) is 24.8 Å². The summed E-state index contributed by atoms with van der Waals surface area (Å²) in [6.07, 6.45) is 2.41. The van der Waals surface area contributed by atoms with Crippen LogP contribution in [0.2, 0.25) is 0 Å². The van der Waals surface area contributed by atoms with Gasteiger partial charge in [-0.25, -0.2) is 9.97 Å². The number of rotatable bonds is 6. The summed E-state index contributed by atoms with van der Waals surface area (Å²) in [7, 11) is 1.49. The van der Waals surface area contributed by atoms with Gasteiger partial charge in [0.1, 0.15) is 17.2 Å². The van der Waals surface area contributed by atoms with Gasteiger partial charge >= 0.3 is 0 Å². The van der Waals surface area contributed by atoms with Crippen LogP contribution in [0.4, 0.5) is 5.95 Å². The first kappa shape index (κ1) is 24.2. The van der Waals surface area contributed by atoms with Gasteiger partial charge < -0.3 is 36.4 Å². The zero-order valence-corrected chi connectivity index (χ0v) is 19.4. The Morgan fingerprint density at radius 3 is 2.54 bits per heavy atom. The Labute approximate surface area is 202 Å². The van der Waals surface area contributed by atoms with E-state index in [1.165, 1.54) is 31.5 Å². The second-order valence-corrected chi connectivity index (χ2v) is 8.60. The van der Waals surface area contributed by atoms with E-state index in [-0.39, 0.29) is 58.7 Å². The van der Waals surface area contributed by atoms with Crippen LogP contribution >= 0.6 is 0 Å². The number of nitrogens with one attached hydrogen (secondary N) is 3. The summed E-state index contributed by atoms with van der Waals surface area (Å²) in [6, 6.07) is 5.41. The molecule has 12 heteroatoms. The van der Waals surface area contributed by atoms with E-state index in [9.17, 15) is 19.5 Å². The van der Waals surface area contributed by atoms with E-state index >= 15 is 0 Å². The fourth-order valence-electron chi connectivity index (χ4n) is 4.35. The lowest BCUT2D eigenvalue weighted by atomic mass is 9.94. The molecule has 6 N–H and O–H groups in total. The summed E-state index contributed by atoms with van der Waals surface area (Å²) in [5, 5.41) is 19.2. The second-order valence-electron chi connectivity index (χ2n) is 8.60. The van der Waals surface area contributed by atoms with Crippen molar-refractivity contribution in [1.82, 2.24) is 30.8 Å². The standard InChI is InChI=1S/C23H29N7O5/c1-35-14-2-3-19(31)15(10-14)22(34)30-8-5-13(6-9-30)20(32)27-17-11-25-12-18(17)28-21(33)16-4-7-26-23(24)29-16/h2-4,7,10,13,17-18,25,31H,5-6,8-9,11-12H2,1H3,(H,27,32)(H,28,33)(H2,24,26,29)/t17-,18-/m1/s1. The molecule has 0 radical (unpaired) electrons. The minimum Gasteiger partial charge on any atom is -0.507 e. The van der Waals surface area contributed by atoms with Crippen LogP contribution in [0.5, 0.6) is 11.5 Å². The SMILES string of the molecule is COc1ccc(O)c(C(=O)N2CCC(C(=O)N[C@@H]3CNC[C@H]3NC(=O)c3ccnc(N)n3)CC2)c1. The maximum atomic E-state index is 12.9. The molecule has 0 spiro atoms. The average molecular weight is 484 g/mol. The Hall–Kier alpha value is -3.93. The molecule has 35 heavy (non-hydrogen) atoms. The Balaban J connectivity index is 1.30. The molecular formula is C23H29N7O5. The Bertz CT molecular complexity index is 1100. The summed E-state index contributed by atoms with van der Waals surface area (Å²) in [4.78, 5) is 47.7. The molecule has 3 heterocycles. The third kappa shape index (κ3) is 5.60. The van der Waals surface area contributed by atoms with Crippen LogP contribution in [-0.4, -0.2) is 83.1 Å². The molecule has 0 saturated carbocycles. The molecule has 2 aromatic rings. The molecule has 2 aliphatic rings. The number of nitrogens with two attached hydrogens (primary N) is 1. The van der Waals surface area contributed by atoms with Crippen molar-refractivity contribution < 1.29 is 24.2 Å². The fraction of sp³-hybridized carbons (Fsp3) is 0.435. The number of aromatic nitrogens is 2. The Morgan fingerprint density at radius 2 is 1.86 bits per heavy atom. The Kier molecular flexibility index (Phi) is 7.30. The molecule has 3 amide bonds. The van der Waals surface area contributed by atoms with E-state index < -0.39 is 0 Å². The van der Waals surface area contributed by atoms with Crippen LogP contribution in [0.15, 0.2) is 30.5 Å². The smallest absolute Gasteiger partial charge is 0.270 e. The maximum absolute atomic E-state index is 12.9. The molecule has 2 fully saturated rings. The lowest BCUT2D eigenvalue weighted by Gasteiger charge is -2.32. The highest BCUT2D eigenvalue weighted by Crippen LogP contribution is 2.26. The molecule has 0 unspecified atom stereocenters. The van der Waals surface area contributed by atoms with Crippen molar-refractivity contribution in [3.05, 3.63) is 41.7 Å². The number of carbonyl (C=O) groups is 3. The lowest BCUT2D eigenvalue weighted by Crippen LogP contribution is -2.53. The summed E-state index contributed by atoms with van der Waals surface area (Å²) >= 11 is 0. The third-order valence-corrected chi connectivity index (χ3v) is 6.35. The van der Waals surface area contributed by atoms with Gasteiger partial charge in [-0.3, -0.25) is 14.4 Å². The number of phenols is 1. The molecule has 2 aliphatic heterocycles. The predicted molar refractivity (Wildman–Crippen MR) is 126 cm³/mol. The highest BCUT2D eigenvalue weighted by atomic mass is 16.5. The Morgan fingerprint density at radius 1 is 1.14 bits per heavy atom. The normalized spacial score (nSPS) is 20.3. The minimum absolute atomic E-state index is 0.0125. The van der Waals surface area contributed by atoms with Crippen molar-refractivity contribution in [2.45, 2.75) is 24.9 Å². The monoisotopic (exact) mass is 483 g/mol. The number of hydrogen-bond acceptors (Lipinski definition) is 9. The van der Waals surface area contributed by atoms with Gasteiger partial charge in [0.15, 0.2) is 0 Å². The first-order valence-corrected chi connectivity index (χ1v) is 11.4. The predicted octanol–water partition coefficient (Wildman–Crippen LogP) is -0.488. The van der Waals surface area contributed by atoms with Crippen LogP contribution in [0.25, 0.3) is 0 Å². The molecule has 1 aromatic heterocycles. The molecule has 2 atom stereocenters. The van der Waals surface area contributed by atoms with Gasteiger partial charge in [-0.1, -0.05) is 0 Å². The number of phenolic OH excluding ortho intramolecular Hbond substituents is 1. The number of carbonyl (C=O) groups excluding carboxylic acids is 3. The van der Waals surface area contributed by atoms with E-state index in [4.69, 9.17) is 10.5 Å². The van der Waals surface area contributed by atoms with Crippen molar-refractivity contribution in [2.24, 2.45) is 5.92 Å². The van der Waals surface area contributed by atoms with Gasteiger partial charge in [-0.2, -0.15) is 0 Å². The van der Waals surface area contributed by atoms with Crippen LogP contribution in [0, 0.1) is 5.92 Å². The fourth-order valence-corrected chi connectivity index (χ4v) is 4.35. The summed E-state index contributed by atoms with van der Waals surface area (Å²) < 4.78 is 5.14. The van der Waals surface area contributed by atoms with E-state index in [1.807, 2.05) is 0 Å². The van der Waals surface area contributed by atoms with Crippen molar-refractivity contribution in [3.8, 4) is 11.5 Å². The van der Waals surface area contributed by atoms with Gasteiger partial charge in [-0.15, -0.1) is 0 Å². The molecule has 186 valence electrons. The summed E-state index contributed by atoms with van der Waals surface area (Å²) in [5.74, 6) is -0.666. The van der Waals surface area contributed by atoms with E-state index in [0.29, 0.717) is 44.8 Å². The number of anilines is 1. The van der Waals surface area contributed by atoms with E-state index in [1.54, 1.807) is 11.0 Å². The van der Waals surface area contributed by atoms with Crippen molar-refractivity contribution in [1.29, 1.82) is 0 Å². The van der Waals surface area contributed by atoms with Crippen LogP contribution < -0.4 is 26.4 Å². The highest BCUT2D eigenvalue weighted by Gasteiger charge is 2.34. The lowest BCUT2D eigenvalue weighted by molar-refractivity contribution is -0.127. The van der Waals surface area contributed by atoms with Gasteiger partial charge in [0.25, 0.3) is 11.8 Å². The first-order valence-electron chi connectivity index (χ1n) is 11.4. The van der Waals surface area contributed by atoms with Crippen molar-refractivity contribution in [2.75, 3.05) is 39.0 Å². The van der Waals surface area contributed by atoms with Crippen molar-refractivity contribution >= 4 is 23.7 Å². The van der Waals surface area contributed by atoms with Crippen molar-refractivity contribution in [3.63, 3.8) is 0 Å². The number of methoxy groups -OCH3 is 1. The van der Waals surface area contributed by atoms with Crippen LogP contribution in [-0.2, 0) is 4.79 Å². The van der Waals surface area contributed by atoms with Gasteiger partial charge in [0.2, 0.25) is 11.9 Å². The number of likely N-dealkylation sites (tertiary alicyclic amines) is 1. The number of aromatic hydroxyl groups is 1. The quantitative estimate of drug-likeness (QED) is 0.363. The maximum Gasteiger partial charge on any atom is 0.270 e. The first-order chi connectivity index (χ1) is 16.9. The average Bonchev–Trinajstić information content (AvgIpc) is 3.30. The molecule has 0 bridgehead atoms. The summed E-state index contributed by atoms with van der Waals surface area (Å²) in [6.45, 7) is 1.82. The highest BCUT2D eigenvalue weighted by molar-refractivity contribution is 5.97. The second kappa shape index (κ2) is 10.6. The largest absolute Gasteiger partial charge is 0.507 e. The molecule has 1 aromatic carbocycles. The number of piperidine rings is 1. The number of benzene rings is 1. The zero-order valence-electron chi connectivity index (χ0n) is 19.4. The summed E-state index contributed by atoms with van der Waals surface area (Å²) in [5.41, 5.74) is 5.88. The molecule has 12 nitrogen and oxygen atoms in total. The number of nitrogen functional groups attached to an aromatic ring is 1. The molecule has 4 rings (SSSR count). The van der Waals surface area contributed by atoms with E-state index in [2.05, 4.69) is 25.9 Å². The third-order valence-electron chi connectivity index (χ3n) is 6.35. The molecular weight excluding hydrogens is 454 g/mol. The number of amides is 3. The minimum atomic E-state index is -0.389. The van der Waals surface area contributed by atoms with Crippen LogP contribution in [0.1, 0.15) is 33.7 Å². The van der Waals surface area contributed by atoms with Gasteiger partial charge in [-0.05, 0) is 37.1 Å². The zero-order chi connectivity index (χ0) is 24.9. The number of hydrogen-bond donors (Lipinski definition) is 5. The topological polar surface area (TPSA) is 172 Å². The van der Waals surface area contributed by atoms with E-state index in [0.717, 1.165) is 0 Å². The van der Waals surface area contributed by atoms with Gasteiger partial charge in [0, 0.05) is 38.3 Å². The molecule has 2 saturated heterocycles. The molecule has 0 aliphatic carbocycles. The van der Waals surface area contributed by atoms with Crippen LogP contribution in [0.3, 0.4) is 0 Å².